The van der Waals surface area contributed by atoms with Crippen LogP contribution in [0.15, 0.2) is 54.5 Å². The van der Waals surface area contributed by atoms with Crippen molar-refractivity contribution in [3.8, 4) is 0 Å². The average Bonchev–Trinajstić information content (AvgIpc) is 2.48. The first-order valence-electron chi connectivity index (χ1n) is 5.53. The van der Waals surface area contributed by atoms with E-state index in [1.807, 2.05) is 0 Å². The summed E-state index contributed by atoms with van der Waals surface area (Å²) >= 11 is 0. The highest BCUT2D eigenvalue weighted by molar-refractivity contribution is 5.98. The fraction of sp³-hybridized carbons (Fsp3) is 0. The van der Waals surface area contributed by atoms with Gasteiger partial charge in [0.2, 0.25) is 0 Å². The van der Waals surface area contributed by atoms with Crippen LogP contribution in [0, 0.1) is 0 Å². The monoisotopic (exact) mass is 252 g/mol. The normalized spacial score (nSPS) is 10.8. The predicted octanol–water partition coefficient (Wildman–Crippen LogP) is 1.36. The second kappa shape index (κ2) is 6.20. The van der Waals surface area contributed by atoms with Crippen molar-refractivity contribution in [3.05, 3.63) is 65.9 Å². The first kappa shape index (κ1) is 12.6. The molecule has 0 spiro atoms. The molecule has 5 nitrogen and oxygen atoms in total. The highest BCUT2D eigenvalue weighted by atomic mass is 16.2. The number of rotatable bonds is 4. The summed E-state index contributed by atoms with van der Waals surface area (Å²) in [5.41, 5.74) is 0.793. The molecular formula is C14H10N3O2. The smallest absolute Gasteiger partial charge is 0.274 e. The second-order valence-electron chi connectivity index (χ2n) is 3.58. The maximum Gasteiger partial charge on any atom is 0.274 e. The zero-order chi connectivity index (χ0) is 13.5. The van der Waals surface area contributed by atoms with E-state index < -0.39 is 5.91 Å². The zero-order valence-corrected chi connectivity index (χ0v) is 9.91. The fourth-order valence-electron chi connectivity index (χ4n) is 1.38. The van der Waals surface area contributed by atoms with E-state index in [1.54, 1.807) is 48.9 Å². The van der Waals surface area contributed by atoms with E-state index in [2.05, 4.69) is 15.3 Å². The van der Waals surface area contributed by atoms with Gasteiger partial charge in [-0.3, -0.25) is 19.6 Å². The molecule has 0 fully saturated rings. The fourth-order valence-corrected chi connectivity index (χ4v) is 1.38. The average molecular weight is 252 g/mol. The molecule has 2 aromatic heterocycles. The zero-order valence-electron chi connectivity index (χ0n) is 9.91. The minimum atomic E-state index is -0.467. The Bertz CT molecular complexity index is 595. The first-order chi connectivity index (χ1) is 9.29. The topological polar surface area (TPSA) is 72.0 Å². The Balaban J connectivity index is 2.14. The maximum atomic E-state index is 11.8. The van der Waals surface area contributed by atoms with E-state index in [4.69, 9.17) is 0 Å². The first-order valence-corrected chi connectivity index (χ1v) is 5.53. The van der Waals surface area contributed by atoms with Crippen molar-refractivity contribution in [2.45, 2.75) is 0 Å². The van der Waals surface area contributed by atoms with Gasteiger partial charge in [0.15, 0.2) is 0 Å². The molecule has 93 valence electrons. The lowest BCUT2D eigenvalue weighted by atomic mass is 10.3. The molecule has 1 N–H and O–H groups in total. The summed E-state index contributed by atoms with van der Waals surface area (Å²) in [6, 6.07) is 10.2. The number of allylic oxidation sites excluding steroid dienone is 1. The van der Waals surface area contributed by atoms with Crippen LogP contribution in [0.2, 0.25) is 0 Å². The summed E-state index contributed by atoms with van der Waals surface area (Å²) in [5.74, 6) is -0.467. The summed E-state index contributed by atoms with van der Waals surface area (Å²) < 4.78 is 0. The van der Waals surface area contributed by atoms with E-state index in [0.29, 0.717) is 5.69 Å². The van der Waals surface area contributed by atoms with Gasteiger partial charge >= 0.3 is 0 Å². The van der Waals surface area contributed by atoms with Crippen molar-refractivity contribution in [1.29, 1.82) is 0 Å². The van der Waals surface area contributed by atoms with Crippen LogP contribution in [0.5, 0.6) is 0 Å². The number of nitrogens with one attached hydrogen (secondary N) is 1. The Morgan fingerprint density at radius 2 is 1.84 bits per heavy atom. The molecule has 1 radical (unpaired) electrons. The van der Waals surface area contributed by atoms with Gasteiger partial charge in [-0.25, -0.2) is 0 Å². The van der Waals surface area contributed by atoms with Crippen molar-refractivity contribution >= 4 is 18.3 Å². The van der Waals surface area contributed by atoms with Gasteiger partial charge in [-0.1, -0.05) is 12.1 Å². The quantitative estimate of drug-likeness (QED) is 0.834. The molecule has 2 heterocycles. The molecule has 0 aromatic carbocycles. The largest absolute Gasteiger partial charge is 0.317 e. The van der Waals surface area contributed by atoms with Crippen LogP contribution >= 0.6 is 0 Å². The summed E-state index contributed by atoms with van der Waals surface area (Å²) in [5, 5.41) is 2.43. The Hall–Kier alpha value is -2.82. The van der Waals surface area contributed by atoms with Gasteiger partial charge in [0.25, 0.3) is 12.2 Å². The van der Waals surface area contributed by atoms with Gasteiger partial charge in [-0.05, 0) is 30.3 Å². The molecule has 2 aromatic rings. The van der Waals surface area contributed by atoms with Crippen molar-refractivity contribution in [2.75, 3.05) is 0 Å². The Morgan fingerprint density at radius 3 is 2.42 bits per heavy atom. The van der Waals surface area contributed by atoms with Crippen LogP contribution < -0.4 is 5.32 Å². The number of hydrogen-bond acceptors (Lipinski definition) is 4. The highest BCUT2D eigenvalue weighted by Gasteiger charge is 2.08. The van der Waals surface area contributed by atoms with E-state index >= 15 is 0 Å². The number of pyridine rings is 2. The van der Waals surface area contributed by atoms with Gasteiger partial charge in [0.1, 0.15) is 5.69 Å². The molecule has 0 bridgehead atoms. The highest BCUT2D eigenvalue weighted by Crippen LogP contribution is 2.01. The summed E-state index contributed by atoms with van der Waals surface area (Å²) in [6.07, 6.45) is 6.19. The molecule has 0 saturated carbocycles. The van der Waals surface area contributed by atoms with Crippen LogP contribution in [0.3, 0.4) is 0 Å². The molecule has 0 aliphatic heterocycles. The minimum Gasteiger partial charge on any atom is -0.317 e. The SMILES string of the molecule is O=[C]/C(=C\c1ccccn1)NC(=O)c1ccccn1. The van der Waals surface area contributed by atoms with Crippen molar-refractivity contribution in [2.24, 2.45) is 0 Å². The molecule has 0 aliphatic carbocycles. The molecule has 5 heteroatoms. The van der Waals surface area contributed by atoms with E-state index in [1.165, 1.54) is 12.3 Å². The molecule has 0 saturated heterocycles. The third kappa shape index (κ3) is 3.57. The Kier molecular flexibility index (Phi) is 4.12. The Labute approximate surface area is 110 Å². The van der Waals surface area contributed by atoms with Gasteiger partial charge in [-0.15, -0.1) is 0 Å². The lowest BCUT2D eigenvalue weighted by Crippen LogP contribution is -2.24. The molecule has 19 heavy (non-hydrogen) atoms. The van der Waals surface area contributed by atoms with Crippen LogP contribution in [-0.2, 0) is 4.79 Å². The molecule has 1 amide bonds. The predicted molar refractivity (Wildman–Crippen MR) is 69.6 cm³/mol. The summed E-state index contributed by atoms with van der Waals surface area (Å²) in [7, 11) is 0. The third-order valence-corrected chi connectivity index (χ3v) is 2.24. The van der Waals surface area contributed by atoms with E-state index in [-0.39, 0.29) is 11.4 Å². The third-order valence-electron chi connectivity index (χ3n) is 2.24. The summed E-state index contributed by atoms with van der Waals surface area (Å²) in [6.45, 7) is 0. The molecular weight excluding hydrogens is 242 g/mol. The minimum absolute atomic E-state index is 0.00866. The van der Waals surface area contributed by atoms with Crippen LogP contribution in [-0.4, -0.2) is 22.2 Å². The number of nitrogens with zero attached hydrogens (tertiary/aromatic N) is 2. The number of hydrogen-bond donors (Lipinski definition) is 1. The van der Waals surface area contributed by atoms with Crippen LogP contribution in [0.25, 0.3) is 6.08 Å². The molecule has 0 unspecified atom stereocenters. The molecule has 0 atom stereocenters. The summed E-state index contributed by atoms with van der Waals surface area (Å²) in [4.78, 5) is 30.5. The van der Waals surface area contributed by atoms with Gasteiger partial charge in [-0.2, -0.15) is 0 Å². The van der Waals surface area contributed by atoms with Crippen LogP contribution in [0.4, 0.5) is 0 Å². The van der Waals surface area contributed by atoms with Crippen LogP contribution in [0.1, 0.15) is 16.2 Å². The standard InChI is InChI=1S/C14H10N3O2/c18-10-12(9-11-5-1-3-7-15-11)17-14(19)13-6-2-4-8-16-13/h1-9H,(H,17,19)/b12-9+. The lowest BCUT2D eigenvalue weighted by Gasteiger charge is -2.02. The number of carbonyl (C=O) groups is 1. The van der Waals surface area contributed by atoms with Crippen molar-refractivity contribution in [1.82, 2.24) is 15.3 Å². The number of amides is 1. The Morgan fingerprint density at radius 1 is 1.11 bits per heavy atom. The van der Waals surface area contributed by atoms with E-state index in [0.717, 1.165) is 0 Å². The van der Waals surface area contributed by atoms with E-state index in [9.17, 15) is 9.59 Å². The van der Waals surface area contributed by atoms with Gasteiger partial charge in [0, 0.05) is 12.4 Å². The number of aromatic nitrogens is 2. The molecule has 0 aliphatic rings. The second-order valence-corrected chi connectivity index (χ2v) is 3.58. The maximum absolute atomic E-state index is 11.8. The van der Waals surface area contributed by atoms with Gasteiger partial charge < -0.3 is 5.32 Å². The molecule has 2 rings (SSSR count). The van der Waals surface area contributed by atoms with Gasteiger partial charge in [0.05, 0.1) is 11.4 Å². The number of carbonyl (C=O) groups excluding carboxylic acids is 2. The van der Waals surface area contributed by atoms with Crippen molar-refractivity contribution < 1.29 is 9.59 Å². The lowest BCUT2D eigenvalue weighted by molar-refractivity contribution is 0.0963. The van der Waals surface area contributed by atoms with Crippen molar-refractivity contribution in [3.63, 3.8) is 0 Å².